The molecule has 104 valence electrons. The summed E-state index contributed by atoms with van der Waals surface area (Å²) < 4.78 is 0. The monoisotopic (exact) mass is 288 g/mol. The normalized spacial score (nSPS) is 10.4. The first-order chi connectivity index (χ1) is 9.81. The molecule has 0 aliphatic carbocycles. The molecule has 2 heterocycles. The molecular weight excluding hydrogens is 272 g/mol. The molecular formula is C13H16N6S. The molecule has 0 amide bonds. The van der Waals surface area contributed by atoms with Crippen LogP contribution in [0.15, 0.2) is 30.7 Å². The maximum absolute atomic E-state index is 8.76. The van der Waals surface area contributed by atoms with E-state index in [4.69, 9.17) is 11.1 Å². The fourth-order valence-electron chi connectivity index (χ4n) is 1.84. The SMILES string of the molecule is N#CCCN(Cc1cccnc1)Cc1cnc(NN)s1. The molecule has 0 saturated carbocycles. The highest BCUT2D eigenvalue weighted by molar-refractivity contribution is 7.15. The highest BCUT2D eigenvalue weighted by Crippen LogP contribution is 2.19. The number of hydrazine groups is 1. The molecule has 0 spiro atoms. The lowest BCUT2D eigenvalue weighted by Crippen LogP contribution is -2.23. The summed E-state index contributed by atoms with van der Waals surface area (Å²) in [4.78, 5) is 11.6. The van der Waals surface area contributed by atoms with Gasteiger partial charge in [0.15, 0.2) is 5.13 Å². The first-order valence-corrected chi connectivity index (χ1v) is 7.03. The van der Waals surface area contributed by atoms with E-state index in [0.29, 0.717) is 18.1 Å². The van der Waals surface area contributed by atoms with Crippen LogP contribution in [-0.4, -0.2) is 21.4 Å². The molecule has 0 aliphatic heterocycles. The van der Waals surface area contributed by atoms with E-state index in [9.17, 15) is 0 Å². The van der Waals surface area contributed by atoms with Gasteiger partial charge in [0.25, 0.3) is 0 Å². The molecule has 0 bridgehead atoms. The van der Waals surface area contributed by atoms with Crippen LogP contribution in [0.1, 0.15) is 16.9 Å². The molecule has 0 aromatic carbocycles. The first-order valence-electron chi connectivity index (χ1n) is 6.21. The first kappa shape index (κ1) is 14.4. The van der Waals surface area contributed by atoms with Crippen molar-refractivity contribution in [3.63, 3.8) is 0 Å². The van der Waals surface area contributed by atoms with Crippen LogP contribution in [-0.2, 0) is 13.1 Å². The van der Waals surface area contributed by atoms with Crippen LogP contribution in [0.4, 0.5) is 5.13 Å². The molecule has 6 nitrogen and oxygen atoms in total. The third-order valence-corrected chi connectivity index (χ3v) is 3.64. The Morgan fingerprint density at radius 2 is 2.30 bits per heavy atom. The fourth-order valence-corrected chi connectivity index (χ4v) is 2.60. The van der Waals surface area contributed by atoms with Crippen molar-refractivity contribution in [2.45, 2.75) is 19.5 Å². The lowest BCUT2D eigenvalue weighted by atomic mass is 10.2. The summed E-state index contributed by atoms with van der Waals surface area (Å²) in [6, 6.07) is 6.14. The van der Waals surface area contributed by atoms with Gasteiger partial charge in [-0.05, 0) is 11.6 Å². The van der Waals surface area contributed by atoms with Crippen molar-refractivity contribution in [1.29, 1.82) is 5.26 Å². The van der Waals surface area contributed by atoms with Gasteiger partial charge in [0.1, 0.15) is 0 Å². The number of aromatic nitrogens is 2. The number of rotatable bonds is 7. The standard InChI is InChI=1S/C13H16N6S/c14-4-2-6-19(9-11-3-1-5-16-7-11)10-12-8-17-13(18-15)20-12/h1,3,5,7-8H,2,6,9-10,15H2,(H,17,18). The van der Waals surface area contributed by atoms with E-state index < -0.39 is 0 Å². The molecule has 0 saturated heterocycles. The van der Waals surface area contributed by atoms with Crippen molar-refractivity contribution in [2.24, 2.45) is 5.84 Å². The number of nitriles is 1. The van der Waals surface area contributed by atoms with Gasteiger partial charge in [-0.1, -0.05) is 17.4 Å². The van der Waals surface area contributed by atoms with Crippen LogP contribution < -0.4 is 11.3 Å². The number of nitrogens with one attached hydrogen (secondary N) is 1. The Morgan fingerprint density at radius 1 is 1.40 bits per heavy atom. The maximum Gasteiger partial charge on any atom is 0.197 e. The Labute approximate surface area is 121 Å². The molecule has 7 heteroatoms. The minimum atomic E-state index is 0.501. The van der Waals surface area contributed by atoms with Crippen molar-refractivity contribution in [2.75, 3.05) is 12.0 Å². The minimum absolute atomic E-state index is 0.501. The number of nitrogen functional groups attached to an aromatic ring is 1. The molecule has 0 radical (unpaired) electrons. The van der Waals surface area contributed by atoms with Gasteiger partial charge in [0.2, 0.25) is 0 Å². The Balaban J connectivity index is 2.01. The van der Waals surface area contributed by atoms with Crippen molar-refractivity contribution in [3.8, 4) is 6.07 Å². The molecule has 0 unspecified atom stereocenters. The van der Waals surface area contributed by atoms with E-state index in [0.717, 1.165) is 23.5 Å². The molecule has 2 aromatic rings. The van der Waals surface area contributed by atoms with Gasteiger partial charge in [-0.2, -0.15) is 5.26 Å². The van der Waals surface area contributed by atoms with Gasteiger partial charge in [-0.15, -0.1) is 0 Å². The summed E-state index contributed by atoms with van der Waals surface area (Å²) >= 11 is 1.52. The van der Waals surface area contributed by atoms with Gasteiger partial charge in [0, 0.05) is 49.5 Å². The van der Waals surface area contributed by atoms with Crippen molar-refractivity contribution >= 4 is 16.5 Å². The average molecular weight is 288 g/mol. The zero-order chi connectivity index (χ0) is 14.2. The Bertz CT molecular complexity index is 562. The van der Waals surface area contributed by atoms with Gasteiger partial charge < -0.3 is 0 Å². The topological polar surface area (TPSA) is 90.9 Å². The quantitative estimate of drug-likeness (QED) is 0.595. The molecule has 2 rings (SSSR count). The number of pyridine rings is 1. The second-order valence-electron chi connectivity index (χ2n) is 4.26. The second-order valence-corrected chi connectivity index (χ2v) is 5.37. The average Bonchev–Trinajstić information content (AvgIpc) is 2.93. The van der Waals surface area contributed by atoms with Gasteiger partial charge in [-0.3, -0.25) is 15.3 Å². The number of nitrogens with two attached hydrogens (primary N) is 1. The third-order valence-electron chi connectivity index (χ3n) is 2.73. The predicted octanol–water partition coefficient (Wildman–Crippen LogP) is 1.74. The van der Waals surface area contributed by atoms with Crippen LogP contribution >= 0.6 is 11.3 Å². The largest absolute Gasteiger partial charge is 0.300 e. The lowest BCUT2D eigenvalue weighted by Gasteiger charge is -2.20. The maximum atomic E-state index is 8.76. The minimum Gasteiger partial charge on any atom is -0.300 e. The van der Waals surface area contributed by atoms with Gasteiger partial charge in [0.05, 0.1) is 6.07 Å². The number of anilines is 1. The van der Waals surface area contributed by atoms with Crippen molar-refractivity contribution in [1.82, 2.24) is 14.9 Å². The Hall–Kier alpha value is -2.01. The van der Waals surface area contributed by atoms with Crippen molar-refractivity contribution in [3.05, 3.63) is 41.2 Å². The van der Waals surface area contributed by atoms with E-state index in [1.54, 1.807) is 6.20 Å². The van der Waals surface area contributed by atoms with Gasteiger partial charge >= 0.3 is 0 Å². The molecule has 20 heavy (non-hydrogen) atoms. The van der Waals surface area contributed by atoms with Crippen molar-refractivity contribution < 1.29 is 0 Å². The zero-order valence-corrected chi connectivity index (χ0v) is 11.8. The van der Waals surface area contributed by atoms with Crippen LogP contribution in [0.3, 0.4) is 0 Å². The van der Waals surface area contributed by atoms with E-state index in [2.05, 4.69) is 26.4 Å². The third kappa shape index (κ3) is 4.28. The molecule has 0 atom stereocenters. The summed E-state index contributed by atoms with van der Waals surface area (Å²) in [5.74, 6) is 5.33. The highest BCUT2D eigenvalue weighted by Gasteiger charge is 2.09. The smallest absolute Gasteiger partial charge is 0.197 e. The fraction of sp³-hybridized carbons (Fsp3) is 0.308. The van der Waals surface area contributed by atoms with E-state index in [1.165, 1.54) is 11.3 Å². The summed E-state index contributed by atoms with van der Waals surface area (Å²) in [7, 11) is 0. The van der Waals surface area contributed by atoms with Crippen LogP contribution in [0.5, 0.6) is 0 Å². The Kier molecular flexibility index (Phi) is 5.43. The highest BCUT2D eigenvalue weighted by atomic mass is 32.1. The van der Waals surface area contributed by atoms with E-state index in [-0.39, 0.29) is 0 Å². The van der Waals surface area contributed by atoms with Crippen LogP contribution in [0.25, 0.3) is 0 Å². The van der Waals surface area contributed by atoms with E-state index in [1.807, 2.05) is 24.5 Å². The lowest BCUT2D eigenvalue weighted by molar-refractivity contribution is 0.265. The zero-order valence-electron chi connectivity index (χ0n) is 11.0. The predicted molar refractivity (Wildman–Crippen MR) is 78.5 cm³/mol. The number of hydrogen-bond donors (Lipinski definition) is 2. The van der Waals surface area contributed by atoms with Crippen LogP contribution in [0, 0.1) is 11.3 Å². The number of hydrogen-bond acceptors (Lipinski definition) is 7. The Morgan fingerprint density at radius 3 is 2.95 bits per heavy atom. The van der Waals surface area contributed by atoms with Gasteiger partial charge in [-0.25, -0.2) is 10.8 Å². The molecule has 0 aliphatic rings. The summed E-state index contributed by atoms with van der Waals surface area (Å²) in [6.45, 7) is 2.23. The molecule has 2 aromatic heterocycles. The number of thiazole rings is 1. The number of nitrogens with zero attached hydrogens (tertiary/aromatic N) is 4. The summed E-state index contributed by atoms with van der Waals surface area (Å²) in [6.07, 6.45) is 5.91. The molecule has 3 N–H and O–H groups in total. The summed E-state index contributed by atoms with van der Waals surface area (Å²) in [5, 5.41) is 9.46. The second kappa shape index (κ2) is 7.55. The van der Waals surface area contributed by atoms with Crippen LogP contribution in [0.2, 0.25) is 0 Å². The summed E-state index contributed by atoms with van der Waals surface area (Å²) in [5.41, 5.74) is 3.67. The molecule has 0 fully saturated rings. The van der Waals surface area contributed by atoms with E-state index >= 15 is 0 Å².